The first-order chi connectivity index (χ1) is 10.4. The van der Waals surface area contributed by atoms with Gasteiger partial charge in [0.05, 0.1) is 12.1 Å². The van der Waals surface area contributed by atoms with E-state index in [9.17, 15) is 13.2 Å². The average molecular weight is 443 g/mol. The lowest BCUT2D eigenvalue weighted by molar-refractivity contribution is -0.137. The second kappa shape index (κ2) is 10.3. The van der Waals surface area contributed by atoms with Crippen LogP contribution in [0.2, 0.25) is 0 Å². The van der Waals surface area contributed by atoms with Crippen molar-refractivity contribution in [1.82, 2.24) is 5.32 Å². The van der Waals surface area contributed by atoms with E-state index in [0.29, 0.717) is 13.0 Å². The molecule has 0 spiro atoms. The predicted octanol–water partition coefficient (Wildman–Crippen LogP) is 3.57. The Morgan fingerprint density at radius 2 is 2.17 bits per heavy atom. The summed E-state index contributed by atoms with van der Waals surface area (Å²) < 4.78 is 43.5. The van der Waals surface area contributed by atoms with E-state index in [2.05, 4.69) is 16.9 Å². The number of hydrogen-bond donors (Lipinski definition) is 2. The van der Waals surface area contributed by atoms with Crippen molar-refractivity contribution in [2.75, 3.05) is 13.1 Å². The van der Waals surface area contributed by atoms with E-state index in [0.717, 1.165) is 12.1 Å². The van der Waals surface area contributed by atoms with Gasteiger partial charge in [0.25, 0.3) is 0 Å². The number of hydrogen-bond acceptors (Lipinski definition) is 2. The Labute approximate surface area is 151 Å². The number of nitrogens with zero attached hydrogens (tertiary/aromatic N) is 1. The van der Waals surface area contributed by atoms with Crippen molar-refractivity contribution in [1.29, 1.82) is 0 Å². The molecule has 0 saturated carbocycles. The highest BCUT2D eigenvalue weighted by molar-refractivity contribution is 14.0. The molecule has 23 heavy (non-hydrogen) atoms. The van der Waals surface area contributed by atoms with Crippen molar-refractivity contribution in [3.05, 3.63) is 42.5 Å². The van der Waals surface area contributed by atoms with Gasteiger partial charge < -0.3 is 15.8 Å². The monoisotopic (exact) mass is 443 g/mol. The summed E-state index contributed by atoms with van der Waals surface area (Å²) in [6, 6.07) is 4.78. The fourth-order valence-corrected chi connectivity index (χ4v) is 1.62. The maximum absolute atomic E-state index is 12.6. The van der Waals surface area contributed by atoms with Crippen LogP contribution in [-0.2, 0) is 6.18 Å². The summed E-state index contributed by atoms with van der Waals surface area (Å²) in [7, 11) is 0. The van der Waals surface area contributed by atoms with E-state index in [4.69, 9.17) is 10.5 Å². The molecule has 1 unspecified atom stereocenters. The van der Waals surface area contributed by atoms with E-state index in [1.807, 2.05) is 6.92 Å². The highest BCUT2D eigenvalue weighted by Crippen LogP contribution is 2.31. The van der Waals surface area contributed by atoms with Crippen molar-refractivity contribution in [3.8, 4) is 5.75 Å². The third kappa shape index (κ3) is 8.10. The van der Waals surface area contributed by atoms with Gasteiger partial charge in [0.15, 0.2) is 5.96 Å². The Balaban J connectivity index is 0.00000484. The largest absolute Gasteiger partial charge is 0.488 e. The maximum Gasteiger partial charge on any atom is 0.416 e. The van der Waals surface area contributed by atoms with Gasteiger partial charge in [-0.15, -0.1) is 30.6 Å². The van der Waals surface area contributed by atoms with Crippen LogP contribution in [0, 0.1) is 0 Å². The van der Waals surface area contributed by atoms with E-state index in [1.165, 1.54) is 12.1 Å². The zero-order valence-corrected chi connectivity index (χ0v) is 15.1. The van der Waals surface area contributed by atoms with Gasteiger partial charge in [0.1, 0.15) is 11.9 Å². The van der Waals surface area contributed by atoms with Crippen LogP contribution in [-0.4, -0.2) is 25.2 Å². The molecule has 1 aromatic carbocycles. The first-order valence-corrected chi connectivity index (χ1v) is 6.85. The molecule has 1 aromatic rings. The standard InChI is InChI=1S/C15H20F3N3O.HI/c1-3-8-20-14(19)21-10-12(4-2)22-13-7-5-6-11(9-13)15(16,17)18;/h3,5-7,9,12H,1,4,8,10H2,2H3,(H3,19,20,21);1H. The zero-order valence-electron chi connectivity index (χ0n) is 12.8. The quantitative estimate of drug-likeness (QED) is 0.293. The lowest BCUT2D eigenvalue weighted by atomic mass is 10.2. The Hall–Kier alpha value is -1.45. The molecule has 0 bridgehead atoms. The van der Waals surface area contributed by atoms with E-state index >= 15 is 0 Å². The van der Waals surface area contributed by atoms with Crippen LogP contribution in [0.4, 0.5) is 13.2 Å². The van der Waals surface area contributed by atoms with Gasteiger partial charge in [0, 0.05) is 6.54 Å². The van der Waals surface area contributed by atoms with Crippen LogP contribution in [0.15, 0.2) is 41.9 Å². The van der Waals surface area contributed by atoms with Gasteiger partial charge in [-0.3, -0.25) is 0 Å². The fraction of sp³-hybridized carbons (Fsp3) is 0.400. The number of nitrogens with one attached hydrogen (secondary N) is 1. The van der Waals surface area contributed by atoms with Crippen molar-refractivity contribution in [2.45, 2.75) is 25.6 Å². The summed E-state index contributed by atoms with van der Waals surface area (Å²) in [5, 5.41) is 2.81. The molecule has 1 rings (SSSR count). The van der Waals surface area contributed by atoms with Crippen molar-refractivity contribution in [2.24, 2.45) is 10.7 Å². The van der Waals surface area contributed by atoms with Crippen LogP contribution in [0.5, 0.6) is 5.75 Å². The number of benzene rings is 1. The number of alkyl halides is 3. The number of ether oxygens (including phenoxy) is 1. The van der Waals surface area contributed by atoms with Crippen LogP contribution >= 0.6 is 24.0 Å². The Bertz CT molecular complexity index is 521. The molecule has 0 aliphatic heterocycles. The Kier molecular flexibility index (Phi) is 9.70. The molecule has 0 aromatic heterocycles. The Morgan fingerprint density at radius 1 is 1.48 bits per heavy atom. The van der Waals surface area contributed by atoms with Crippen LogP contribution in [0.1, 0.15) is 18.9 Å². The van der Waals surface area contributed by atoms with Gasteiger partial charge in [-0.2, -0.15) is 13.2 Å². The minimum atomic E-state index is -4.39. The second-order valence-electron chi connectivity index (χ2n) is 4.57. The third-order valence-electron chi connectivity index (χ3n) is 2.81. The van der Waals surface area contributed by atoms with Gasteiger partial charge in [-0.25, -0.2) is 4.99 Å². The van der Waals surface area contributed by atoms with Crippen molar-refractivity contribution in [3.63, 3.8) is 0 Å². The molecular weight excluding hydrogens is 422 g/mol. The number of halogens is 4. The van der Waals surface area contributed by atoms with Gasteiger partial charge in [-0.1, -0.05) is 19.1 Å². The predicted molar refractivity (Wildman–Crippen MR) is 96.3 cm³/mol. The molecular formula is C15H21F3IN3O. The van der Waals surface area contributed by atoms with E-state index in [-0.39, 0.29) is 48.3 Å². The summed E-state index contributed by atoms with van der Waals surface area (Å²) in [6.45, 7) is 6.14. The molecule has 0 aliphatic carbocycles. The molecule has 1 atom stereocenters. The molecule has 0 radical (unpaired) electrons. The molecule has 0 saturated heterocycles. The minimum Gasteiger partial charge on any atom is -0.488 e. The first-order valence-electron chi connectivity index (χ1n) is 6.85. The van der Waals surface area contributed by atoms with Gasteiger partial charge >= 0.3 is 6.18 Å². The SMILES string of the molecule is C=CCNC(N)=NCC(CC)Oc1cccc(C(F)(F)F)c1.I. The zero-order chi connectivity index (χ0) is 16.6. The van der Waals surface area contributed by atoms with Crippen LogP contribution in [0.25, 0.3) is 0 Å². The summed E-state index contributed by atoms with van der Waals surface area (Å²) in [6.07, 6.45) is -2.52. The molecule has 0 aliphatic rings. The van der Waals surface area contributed by atoms with Crippen LogP contribution < -0.4 is 15.8 Å². The molecule has 8 heteroatoms. The Morgan fingerprint density at radius 3 is 2.74 bits per heavy atom. The summed E-state index contributed by atoms with van der Waals surface area (Å²) in [5.74, 6) is 0.403. The number of guanidine groups is 1. The molecule has 4 nitrogen and oxygen atoms in total. The van der Waals surface area contributed by atoms with Crippen molar-refractivity contribution < 1.29 is 17.9 Å². The molecule has 130 valence electrons. The van der Waals surface area contributed by atoms with E-state index < -0.39 is 11.7 Å². The maximum atomic E-state index is 12.6. The average Bonchev–Trinajstić information content (AvgIpc) is 2.48. The molecule has 0 amide bonds. The molecule has 0 fully saturated rings. The third-order valence-corrected chi connectivity index (χ3v) is 2.81. The second-order valence-corrected chi connectivity index (χ2v) is 4.57. The number of nitrogens with two attached hydrogens (primary N) is 1. The highest BCUT2D eigenvalue weighted by atomic mass is 127. The summed E-state index contributed by atoms with van der Waals surface area (Å²) in [4.78, 5) is 4.09. The lowest BCUT2D eigenvalue weighted by Crippen LogP contribution is -2.33. The molecule has 0 heterocycles. The fourth-order valence-electron chi connectivity index (χ4n) is 1.62. The van der Waals surface area contributed by atoms with Crippen molar-refractivity contribution >= 4 is 29.9 Å². The van der Waals surface area contributed by atoms with Gasteiger partial charge in [0.2, 0.25) is 0 Å². The topological polar surface area (TPSA) is 59.6 Å². The normalized spacial score (nSPS) is 13.0. The smallest absolute Gasteiger partial charge is 0.416 e. The first kappa shape index (κ1) is 21.6. The summed E-state index contributed by atoms with van der Waals surface area (Å²) >= 11 is 0. The highest BCUT2D eigenvalue weighted by Gasteiger charge is 2.30. The minimum absolute atomic E-state index is 0. The van der Waals surface area contributed by atoms with Gasteiger partial charge in [-0.05, 0) is 24.6 Å². The molecule has 3 N–H and O–H groups in total. The number of aliphatic imine (C=N–C) groups is 1. The lowest BCUT2D eigenvalue weighted by Gasteiger charge is -2.17. The summed E-state index contributed by atoms with van der Waals surface area (Å²) in [5.41, 5.74) is 4.88. The van der Waals surface area contributed by atoms with Crippen LogP contribution in [0.3, 0.4) is 0 Å². The van der Waals surface area contributed by atoms with E-state index in [1.54, 1.807) is 6.08 Å². The number of rotatable bonds is 7.